The number of hydrogen-bond acceptors (Lipinski definition) is 2. The van der Waals surface area contributed by atoms with Crippen LogP contribution in [0.5, 0.6) is 0 Å². The summed E-state index contributed by atoms with van der Waals surface area (Å²) in [4.78, 5) is 4.51. The molecule has 3 nitrogen and oxygen atoms in total. The van der Waals surface area contributed by atoms with Crippen molar-refractivity contribution in [2.45, 2.75) is 5.88 Å². The molecule has 1 heterocycles. The summed E-state index contributed by atoms with van der Waals surface area (Å²) in [5.41, 5.74) is 3.00. The highest BCUT2D eigenvalue weighted by atomic mass is 127. The molecule has 0 saturated carbocycles. The number of nitrogens with zero attached hydrogens (tertiary/aromatic N) is 3. The summed E-state index contributed by atoms with van der Waals surface area (Å²) in [7, 11) is 0. The molecular weight excluding hydrogens is 420 g/mol. The second kappa shape index (κ2) is 5.84. The average molecular weight is 428 g/mol. The van der Waals surface area contributed by atoms with E-state index in [1.165, 1.54) is 0 Å². The first-order valence-corrected chi connectivity index (χ1v) is 8.06. The van der Waals surface area contributed by atoms with Crippen LogP contribution < -0.4 is 0 Å². The number of fused-ring (bicyclic) bond motifs is 1. The molecule has 0 radical (unpaired) electrons. The van der Waals surface area contributed by atoms with Crippen LogP contribution in [0.2, 0.25) is 5.02 Å². The van der Waals surface area contributed by atoms with Crippen LogP contribution >= 0.6 is 45.8 Å². The van der Waals surface area contributed by atoms with E-state index in [9.17, 15) is 0 Å². The monoisotopic (exact) mass is 427 g/mol. The Kier molecular flexibility index (Phi) is 4.07. The number of rotatable bonds is 2. The van der Waals surface area contributed by atoms with Crippen molar-refractivity contribution in [3.8, 4) is 11.8 Å². The van der Waals surface area contributed by atoms with E-state index in [2.05, 4.69) is 33.6 Å². The molecule has 6 heteroatoms. The molecule has 0 N–H and O–H groups in total. The highest BCUT2D eigenvalue weighted by molar-refractivity contribution is 14.1. The Morgan fingerprint density at radius 2 is 2.05 bits per heavy atom. The fourth-order valence-corrected chi connectivity index (χ4v) is 3.34. The first-order valence-electron chi connectivity index (χ1n) is 6.07. The lowest BCUT2D eigenvalue weighted by Gasteiger charge is -2.10. The molecule has 3 aromatic rings. The molecular formula is C15H8Cl2IN3. The van der Waals surface area contributed by atoms with Crippen molar-refractivity contribution in [2.75, 3.05) is 0 Å². The third kappa shape index (κ3) is 2.61. The zero-order chi connectivity index (χ0) is 15.0. The Bertz CT molecular complexity index is 880. The maximum absolute atomic E-state index is 9.08. The summed E-state index contributed by atoms with van der Waals surface area (Å²) < 4.78 is 2.96. The molecule has 0 unspecified atom stereocenters. The molecule has 0 amide bonds. The third-order valence-electron chi connectivity index (χ3n) is 3.12. The van der Waals surface area contributed by atoms with Gasteiger partial charge in [-0.3, -0.25) is 4.57 Å². The van der Waals surface area contributed by atoms with E-state index in [1.54, 1.807) is 12.1 Å². The first-order chi connectivity index (χ1) is 10.1. The zero-order valence-corrected chi connectivity index (χ0v) is 14.3. The normalized spacial score (nSPS) is 10.8. The van der Waals surface area contributed by atoms with Crippen molar-refractivity contribution >= 4 is 56.8 Å². The summed E-state index contributed by atoms with van der Waals surface area (Å²) in [5.74, 6) is 0.962. The van der Waals surface area contributed by atoms with Gasteiger partial charge in [0.1, 0.15) is 5.82 Å². The van der Waals surface area contributed by atoms with Crippen LogP contribution in [0.4, 0.5) is 0 Å². The van der Waals surface area contributed by atoms with E-state index in [1.807, 2.05) is 28.8 Å². The lowest BCUT2D eigenvalue weighted by atomic mass is 10.2. The molecule has 1 aromatic heterocycles. The van der Waals surface area contributed by atoms with Crippen molar-refractivity contribution < 1.29 is 0 Å². The van der Waals surface area contributed by atoms with Crippen LogP contribution in [0.15, 0.2) is 36.4 Å². The van der Waals surface area contributed by atoms with E-state index >= 15 is 0 Å². The third-order valence-corrected chi connectivity index (χ3v) is 4.34. The van der Waals surface area contributed by atoms with Gasteiger partial charge in [-0.25, -0.2) is 4.98 Å². The standard InChI is InChI=1S/C15H8Cl2IN3/c16-7-15-20-12-3-1-9(8-19)5-14(12)21(15)13-4-2-10(18)6-11(13)17/h1-6H,7H2. The fraction of sp³-hybridized carbons (Fsp3) is 0.0667. The van der Waals surface area contributed by atoms with Crippen LogP contribution in [0, 0.1) is 14.9 Å². The summed E-state index contributed by atoms with van der Waals surface area (Å²) in [5, 5.41) is 9.70. The minimum absolute atomic E-state index is 0.263. The smallest absolute Gasteiger partial charge is 0.129 e. The van der Waals surface area contributed by atoms with E-state index in [-0.39, 0.29) is 5.88 Å². The number of hydrogen-bond donors (Lipinski definition) is 0. The molecule has 0 bridgehead atoms. The largest absolute Gasteiger partial charge is 0.294 e. The Morgan fingerprint density at radius 3 is 2.71 bits per heavy atom. The maximum atomic E-state index is 9.08. The lowest BCUT2D eigenvalue weighted by molar-refractivity contribution is 0.981. The Morgan fingerprint density at radius 1 is 1.24 bits per heavy atom. The van der Waals surface area contributed by atoms with Gasteiger partial charge in [-0.1, -0.05) is 11.6 Å². The van der Waals surface area contributed by atoms with Gasteiger partial charge in [-0.05, 0) is 59.0 Å². The van der Waals surface area contributed by atoms with Gasteiger partial charge in [-0.2, -0.15) is 5.26 Å². The molecule has 21 heavy (non-hydrogen) atoms. The molecule has 0 saturated heterocycles. The number of alkyl halides is 1. The van der Waals surface area contributed by atoms with Crippen LogP contribution in [-0.4, -0.2) is 9.55 Å². The lowest BCUT2D eigenvalue weighted by Crippen LogP contribution is -2.00. The SMILES string of the molecule is N#Cc1ccc2nc(CCl)n(-c3ccc(I)cc3Cl)c2c1. The Balaban J connectivity index is 2.36. The second-order valence-electron chi connectivity index (χ2n) is 4.41. The number of benzene rings is 2. The van der Waals surface area contributed by atoms with E-state index in [0.29, 0.717) is 16.4 Å². The Labute approximate surface area is 145 Å². The number of imidazole rings is 1. The van der Waals surface area contributed by atoms with Crippen LogP contribution in [0.3, 0.4) is 0 Å². The van der Waals surface area contributed by atoms with Crippen LogP contribution in [0.25, 0.3) is 16.7 Å². The van der Waals surface area contributed by atoms with Crippen molar-refractivity contribution in [2.24, 2.45) is 0 Å². The molecule has 0 aliphatic rings. The molecule has 0 atom stereocenters. The second-order valence-corrected chi connectivity index (χ2v) is 6.33. The van der Waals surface area contributed by atoms with Gasteiger partial charge in [0, 0.05) is 3.57 Å². The first kappa shape index (κ1) is 14.6. The van der Waals surface area contributed by atoms with Crippen molar-refractivity contribution in [3.63, 3.8) is 0 Å². The van der Waals surface area contributed by atoms with E-state index < -0.39 is 0 Å². The van der Waals surface area contributed by atoms with Gasteiger partial charge >= 0.3 is 0 Å². The number of halogens is 3. The molecule has 2 aromatic carbocycles. The number of nitriles is 1. The average Bonchev–Trinajstić information content (AvgIpc) is 2.84. The van der Waals surface area contributed by atoms with Crippen LogP contribution in [0.1, 0.15) is 11.4 Å². The predicted octanol–water partition coefficient (Wildman–Crippen LogP) is 4.89. The summed E-state index contributed by atoms with van der Waals surface area (Å²) in [6.45, 7) is 0. The Hall–Kier alpha value is -1.29. The summed E-state index contributed by atoms with van der Waals surface area (Å²) >= 11 is 14.6. The van der Waals surface area contributed by atoms with Gasteiger partial charge in [0.2, 0.25) is 0 Å². The molecule has 0 aliphatic carbocycles. The van der Waals surface area contributed by atoms with Crippen molar-refractivity contribution in [1.29, 1.82) is 5.26 Å². The van der Waals surface area contributed by atoms with Gasteiger partial charge in [0.05, 0.1) is 39.3 Å². The highest BCUT2D eigenvalue weighted by Gasteiger charge is 2.14. The molecule has 0 spiro atoms. The van der Waals surface area contributed by atoms with Gasteiger partial charge in [0.25, 0.3) is 0 Å². The topological polar surface area (TPSA) is 41.6 Å². The number of aromatic nitrogens is 2. The quantitative estimate of drug-likeness (QED) is 0.431. The van der Waals surface area contributed by atoms with Crippen molar-refractivity contribution in [3.05, 3.63) is 56.4 Å². The van der Waals surface area contributed by atoms with E-state index in [0.717, 1.165) is 20.3 Å². The maximum Gasteiger partial charge on any atom is 0.129 e. The van der Waals surface area contributed by atoms with Gasteiger partial charge in [-0.15, -0.1) is 11.6 Å². The molecule has 0 aliphatic heterocycles. The van der Waals surface area contributed by atoms with Gasteiger partial charge < -0.3 is 0 Å². The molecule has 3 rings (SSSR count). The van der Waals surface area contributed by atoms with E-state index in [4.69, 9.17) is 28.5 Å². The zero-order valence-electron chi connectivity index (χ0n) is 10.6. The predicted molar refractivity (Wildman–Crippen MR) is 93.1 cm³/mol. The highest BCUT2D eigenvalue weighted by Crippen LogP contribution is 2.29. The minimum atomic E-state index is 0.263. The van der Waals surface area contributed by atoms with Crippen LogP contribution in [-0.2, 0) is 5.88 Å². The van der Waals surface area contributed by atoms with Crippen molar-refractivity contribution in [1.82, 2.24) is 9.55 Å². The fourth-order valence-electron chi connectivity index (χ4n) is 2.22. The summed E-state index contributed by atoms with van der Waals surface area (Å²) in [6, 6.07) is 13.3. The molecule has 0 fully saturated rings. The minimum Gasteiger partial charge on any atom is -0.294 e. The summed E-state index contributed by atoms with van der Waals surface area (Å²) in [6.07, 6.45) is 0. The molecule has 104 valence electrons. The van der Waals surface area contributed by atoms with Gasteiger partial charge in [0.15, 0.2) is 0 Å².